The van der Waals surface area contributed by atoms with Gasteiger partial charge in [-0.2, -0.15) is 18.4 Å². The summed E-state index contributed by atoms with van der Waals surface area (Å²) < 4.78 is 37.0. The average molecular weight is 255 g/mol. The van der Waals surface area contributed by atoms with Crippen molar-refractivity contribution in [3.63, 3.8) is 0 Å². The molecule has 1 rings (SSSR count). The Morgan fingerprint density at radius 3 is 2.33 bits per heavy atom. The number of hydrogen-bond acceptors (Lipinski definition) is 2. The van der Waals surface area contributed by atoms with Crippen LogP contribution in [0, 0.1) is 17.2 Å². The van der Waals surface area contributed by atoms with Gasteiger partial charge in [0, 0.05) is 6.42 Å². The van der Waals surface area contributed by atoms with Crippen LogP contribution in [0.4, 0.5) is 13.2 Å². The van der Waals surface area contributed by atoms with E-state index in [4.69, 9.17) is 5.26 Å². The minimum Gasteiger partial charge on any atom is -0.303 e. The molecule has 1 atom stereocenters. The van der Waals surface area contributed by atoms with E-state index in [-0.39, 0.29) is 5.92 Å². The van der Waals surface area contributed by atoms with Crippen molar-refractivity contribution >= 4 is 6.29 Å². The molecule has 0 aliphatic rings. The van der Waals surface area contributed by atoms with Crippen molar-refractivity contribution in [3.8, 4) is 6.07 Å². The number of hydrogen-bond donors (Lipinski definition) is 0. The van der Waals surface area contributed by atoms with Gasteiger partial charge in [0.15, 0.2) is 0 Å². The first-order valence-electron chi connectivity index (χ1n) is 5.46. The fourth-order valence-corrected chi connectivity index (χ4v) is 1.60. The molecule has 0 N–H and O–H groups in total. The van der Waals surface area contributed by atoms with Crippen LogP contribution in [0.3, 0.4) is 0 Å². The van der Waals surface area contributed by atoms with Gasteiger partial charge in [-0.15, -0.1) is 0 Å². The molecule has 0 saturated heterocycles. The Kier molecular flexibility index (Phi) is 4.90. The van der Waals surface area contributed by atoms with E-state index in [9.17, 15) is 18.0 Å². The van der Waals surface area contributed by atoms with Gasteiger partial charge in [0.25, 0.3) is 0 Å². The molecule has 0 amide bonds. The maximum atomic E-state index is 12.3. The lowest BCUT2D eigenvalue weighted by molar-refractivity contribution is -0.137. The highest BCUT2D eigenvalue weighted by Gasteiger charge is 2.29. The summed E-state index contributed by atoms with van der Waals surface area (Å²) in [4.78, 5) is 10.2. The van der Waals surface area contributed by atoms with E-state index in [1.165, 1.54) is 12.1 Å². The Balaban J connectivity index is 2.68. The van der Waals surface area contributed by atoms with Crippen LogP contribution in [0.15, 0.2) is 24.3 Å². The molecule has 0 aromatic heterocycles. The van der Waals surface area contributed by atoms with Crippen LogP contribution < -0.4 is 0 Å². The quantitative estimate of drug-likeness (QED) is 0.757. The highest BCUT2D eigenvalue weighted by atomic mass is 19.4. The number of nitriles is 1. The topological polar surface area (TPSA) is 40.9 Å². The molecule has 18 heavy (non-hydrogen) atoms. The van der Waals surface area contributed by atoms with Gasteiger partial charge >= 0.3 is 6.18 Å². The van der Waals surface area contributed by atoms with Gasteiger partial charge in [-0.3, -0.25) is 0 Å². The predicted molar refractivity (Wildman–Crippen MR) is 59.5 cm³/mol. The van der Waals surface area contributed by atoms with Crippen molar-refractivity contribution in [2.75, 3.05) is 0 Å². The number of carbonyl (C=O) groups excluding carboxylic acids is 1. The fourth-order valence-electron chi connectivity index (χ4n) is 1.60. The van der Waals surface area contributed by atoms with E-state index in [1.807, 2.05) is 6.07 Å². The number of carbonyl (C=O) groups is 1. The molecule has 2 nitrogen and oxygen atoms in total. The SMILES string of the molecule is N#CC(CCC=O)Cc1ccc(C(F)(F)F)cc1. The Labute approximate surface area is 103 Å². The van der Waals surface area contributed by atoms with Gasteiger partial charge in [0.1, 0.15) is 6.29 Å². The molecule has 1 aromatic carbocycles. The van der Waals surface area contributed by atoms with Crippen LogP contribution in [-0.2, 0) is 17.4 Å². The molecule has 5 heteroatoms. The summed E-state index contributed by atoms with van der Waals surface area (Å²) in [7, 11) is 0. The van der Waals surface area contributed by atoms with Crippen molar-refractivity contribution in [2.45, 2.75) is 25.4 Å². The minimum absolute atomic E-state index is 0.291. The molecule has 1 aromatic rings. The van der Waals surface area contributed by atoms with Crippen LogP contribution in [0.1, 0.15) is 24.0 Å². The Morgan fingerprint density at radius 1 is 1.28 bits per heavy atom. The highest BCUT2D eigenvalue weighted by molar-refractivity contribution is 5.49. The number of alkyl halides is 3. The largest absolute Gasteiger partial charge is 0.416 e. The van der Waals surface area contributed by atoms with E-state index in [0.717, 1.165) is 18.4 Å². The van der Waals surface area contributed by atoms with E-state index < -0.39 is 11.7 Å². The predicted octanol–water partition coefficient (Wildman–Crippen LogP) is 3.37. The number of aldehydes is 1. The van der Waals surface area contributed by atoms with Gasteiger partial charge in [0.05, 0.1) is 17.6 Å². The van der Waals surface area contributed by atoms with Crippen LogP contribution in [0.2, 0.25) is 0 Å². The molecular weight excluding hydrogens is 243 g/mol. The zero-order valence-electron chi connectivity index (χ0n) is 9.57. The molecule has 0 heterocycles. The second-order valence-electron chi connectivity index (χ2n) is 3.97. The van der Waals surface area contributed by atoms with Crippen molar-refractivity contribution < 1.29 is 18.0 Å². The first-order valence-corrected chi connectivity index (χ1v) is 5.46. The highest BCUT2D eigenvalue weighted by Crippen LogP contribution is 2.29. The van der Waals surface area contributed by atoms with Crippen LogP contribution in [0.25, 0.3) is 0 Å². The van der Waals surface area contributed by atoms with E-state index in [1.54, 1.807) is 0 Å². The maximum Gasteiger partial charge on any atom is 0.416 e. The molecule has 0 bridgehead atoms. The first kappa shape index (κ1) is 14.2. The Hall–Kier alpha value is -1.83. The van der Waals surface area contributed by atoms with Gasteiger partial charge in [0.2, 0.25) is 0 Å². The van der Waals surface area contributed by atoms with Crippen molar-refractivity contribution in [1.29, 1.82) is 5.26 Å². The molecule has 96 valence electrons. The van der Waals surface area contributed by atoms with Gasteiger partial charge in [-0.25, -0.2) is 0 Å². The van der Waals surface area contributed by atoms with Gasteiger partial charge in [-0.1, -0.05) is 12.1 Å². The molecule has 0 aliphatic heterocycles. The lowest BCUT2D eigenvalue weighted by Gasteiger charge is -2.09. The zero-order valence-corrected chi connectivity index (χ0v) is 9.57. The van der Waals surface area contributed by atoms with Crippen molar-refractivity contribution in [1.82, 2.24) is 0 Å². The zero-order chi connectivity index (χ0) is 13.6. The number of nitrogens with zero attached hydrogens (tertiary/aromatic N) is 1. The lowest BCUT2D eigenvalue weighted by atomic mass is 9.96. The standard InChI is InChI=1S/C13H12F3NO/c14-13(15,16)12-5-3-10(4-6-12)8-11(9-17)2-1-7-18/h3-7,11H,1-2,8H2. The van der Waals surface area contributed by atoms with E-state index in [0.29, 0.717) is 24.8 Å². The fraction of sp³-hybridized carbons (Fsp3) is 0.385. The lowest BCUT2D eigenvalue weighted by Crippen LogP contribution is -2.06. The summed E-state index contributed by atoms with van der Waals surface area (Å²) in [5, 5.41) is 8.85. The minimum atomic E-state index is -4.34. The maximum absolute atomic E-state index is 12.3. The molecule has 0 saturated carbocycles. The third-order valence-corrected chi connectivity index (χ3v) is 2.58. The van der Waals surface area contributed by atoms with E-state index in [2.05, 4.69) is 0 Å². The summed E-state index contributed by atoms with van der Waals surface area (Å²) >= 11 is 0. The molecule has 0 radical (unpaired) electrons. The van der Waals surface area contributed by atoms with Crippen molar-refractivity contribution in [3.05, 3.63) is 35.4 Å². The summed E-state index contributed by atoms with van der Waals surface area (Å²) in [6.45, 7) is 0. The van der Waals surface area contributed by atoms with Crippen molar-refractivity contribution in [2.24, 2.45) is 5.92 Å². The Morgan fingerprint density at radius 2 is 1.89 bits per heavy atom. The third kappa shape index (κ3) is 4.21. The number of halogens is 3. The van der Waals surface area contributed by atoms with Gasteiger partial charge < -0.3 is 4.79 Å². The summed E-state index contributed by atoms with van der Waals surface area (Å²) in [6, 6.07) is 6.79. The summed E-state index contributed by atoms with van der Waals surface area (Å²) in [5.41, 5.74) is -0.0342. The Bertz CT molecular complexity index is 431. The third-order valence-electron chi connectivity index (χ3n) is 2.58. The average Bonchev–Trinajstić information content (AvgIpc) is 2.34. The first-order chi connectivity index (χ1) is 8.47. The smallest absolute Gasteiger partial charge is 0.303 e. The molecule has 0 spiro atoms. The van der Waals surface area contributed by atoms with Crippen LogP contribution >= 0.6 is 0 Å². The molecule has 0 fully saturated rings. The molecule has 1 unspecified atom stereocenters. The summed E-state index contributed by atoms with van der Waals surface area (Å²) in [6.07, 6.45) is -2.52. The number of benzene rings is 1. The number of rotatable bonds is 5. The molecule has 0 aliphatic carbocycles. The van der Waals surface area contributed by atoms with Crippen LogP contribution in [-0.4, -0.2) is 6.29 Å². The monoisotopic (exact) mass is 255 g/mol. The second kappa shape index (κ2) is 6.20. The van der Waals surface area contributed by atoms with Gasteiger partial charge in [-0.05, 0) is 30.5 Å². The molecular formula is C13H12F3NO. The second-order valence-corrected chi connectivity index (χ2v) is 3.97. The van der Waals surface area contributed by atoms with E-state index >= 15 is 0 Å². The van der Waals surface area contributed by atoms with Crippen LogP contribution in [0.5, 0.6) is 0 Å². The summed E-state index contributed by atoms with van der Waals surface area (Å²) in [5.74, 6) is -0.341. The normalized spacial score (nSPS) is 12.8.